The number of halogens is 1. The summed E-state index contributed by atoms with van der Waals surface area (Å²) in [7, 11) is 0. The summed E-state index contributed by atoms with van der Waals surface area (Å²) in [5.74, 6) is 0.206. The molecule has 32 heavy (non-hydrogen) atoms. The van der Waals surface area contributed by atoms with E-state index in [0.717, 1.165) is 42.8 Å². The van der Waals surface area contributed by atoms with Gasteiger partial charge >= 0.3 is 5.97 Å². The molecule has 1 aliphatic heterocycles. The van der Waals surface area contributed by atoms with E-state index in [1.54, 1.807) is 24.3 Å². The van der Waals surface area contributed by atoms with Gasteiger partial charge in [0.25, 0.3) is 0 Å². The van der Waals surface area contributed by atoms with Crippen LogP contribution in [0.1, 0.15) is 47.2 Å². The number of hydrogen-bond donors (Lipinski definition) is 2. The maximum absolute atomic E-state index is 11.7. The number of ether oxygens (including phenoxy) is 1. The van der Waals surface area contributed by atoms with Crippen molar-refractivity contribution < 1.29 is 19.7 Å². The molecule has 6 heteroatoms. The Hall–Kier alpha value is -2.50. The van der Waals surface area contributed by atoms with Crippen molar-refractivity contribution in [2.45, 2.75) is 44.8 Å². The van der Waals surface area contributed by atoms with E-state index in [4.69, 9.17) is 16.3 Å². The summed E-state index contributed by atoms with van der Waals surface area (Å²) in [5, 5.41) is 20.7. The first-order valence-corrected chi connectivity index (χ1v) is 11.7. The molecule has 0 aromatic heterocycles. The highest BCUT2D eigenvalue weighted by Crippen LogP contribution is 2.41. The summed E-state index contributed by atoms with van der Waals surface area (Å²) in [6.45, 7) is 5.65. The van der Waals surface area contributed by atoms with E-state index in [9.17, 15) is 15.0 Å². The Morgan fingerprint density at radius 1 is 1.22 bits per heavy atom. The minimum atomic E-state index is -0.960. The van der Waals surface area contributed by atoms with Crippen LogP contribution in [0.5, 0.6) is 5.75 Å². The molecule has 1 aliphatic carbocycles. The van der Waals surface area contributed by atoms with Gasteiger partial charge in [0.05, 0.1) is 24.0 Å². The fraction of sp³-hybridized carbons (Fsp3) is 0.423. The number of anilines is 1. The smallest absolute Gasteiger partial charge is 0.335 e. The van der Waals surface area contributed by atoms with E-state index in [1.165, 1.54) is 11.1 Å². The van der Waals surface area contributed by atoms with E-state index < -0.39 is 12.1 Å². The normalized spacial score (nSPS) is 21.8. The molecule has 1 heterocycles. The quantitative estimate of drug-likeness (QED) is 0.596. The fourth-order valence-corrected chi connectivity index (χ4v) is 4.98. The van der Waals surface area contributed by atoms with Gasteiger partial charge in [-0.25, -0.2) is 4.79 Å². The van der Waals surface area contributed by atoms with E-state index >= 15 is 0 Å². The summed E-state index contributed by atoms with van der Waals surface area (Å²) < 4.78 is 6.11. The zero-order valence-corrected chi connectivity index (χ0v) is 18.9. The monoisotopic (exact) mass is 455 g/mol. The van der Waals surface area contributed by atoms with Crippen molar-refractivity contribution in [1.29, 1.82) is 0 Å². The summed E-state index contributed by atoms with van der Waals surface area (Å²) >= 11 is 6.29. The standard InChI is InChI=1S/C26H30ClNO4/c1-2-24(29)22-10-7-20(22)16-28-15-19-6-9-21(27)13-17(19)5-3-4-12-32-25-11-8-18(26(30)31)14-23(25)28/h2,6,8-9,11,13-14,20,22,24,29H,1,3-5,7,10,12,15-16H2,(H,30,31)/t20-,22+,24-/m0/s1. The van der Waals surface area contributed by atoms with Gasteiger partial charge < -0.3 is 19.8 Å². The predicted molar refractivity (Wildman–Crippen MR) is 127 cm³/mol. The highest BCUT2D eigenvalue weighted by molar-refractivity contribution is 6.30. The lowest BCUT2D eigenvalue weighted by molar-refractivity contribution is 0.0464. The first-order valence-electron chi connectivity index (χ1n) is 11.3. The highest BCUT2D eigenvalue weighted by atomic mass is 35.5. The van der Waals surface area contributed by atoms with E-state index in [1.807, 2.05) is 12.1 Å². The third-order valence-electron chi connectivity index (χ3n) is 6.79. The number of carboxylic acid groups (broad SMARTS) is 1. The maximum Gasteiger partial charge on any atom is 0.335 e. The van der Waals surface area contributed by atoms with Gasteiger partial charge in [-0.2, -0.15) is 0 Å². The Bertz CT molecular complexity index is 992. The van der Waals surface area contributed by atoms with Crippen LogP contribution in [0, 0.1) is 11.8 Å². The number of fused-ring (bicyclic) bond motifs is 2. The molecule has 0 radical (unpaired) electrons. The molecule has 2 aromatic carbocycles. The molecule has 0 unspecified atom stereocenters. The summed E-state index contributed by atoms with van der Waals surface area (Å²) in [6, 6.07) is 11.1. The number of carboxylic acids is 1. The Morgan fingerprint density at radius 3 is 2.78 bits per heavy atom. The molecular weight excluding hydrogens is 426 g/mol. The molecule has 0 saturated heterocycles. The maximum atomic E-state index is 11.7. The van der Waals surface area contributed by atoms with Crippen LogP contribution < -0.4 is 9.64 Å². The molecular formula is C26H30ClNO4. The Morgan fingerprint density at radius 2 is 2.06 bits per heavy atom. The van der Waals surface area contributed by atoms with Crippen LogP contribution in [-0.4, -0.2) is 35.4 Å². The van der Waals surface area contributed by atoms with Gasteiger partial charge in [0.1, 0.15) is 5.75 Å². The summed E-state index contributed by atoms with van der Waals surface area (Å²) in [6.07, 6.45) is 5.90. The van der Waals surface area contributed by atoms with E-state index in [0.29, 0.717) is 31.4 Å². The van der Waals surface area contributed by atoms with Crippen molar-refractivity contribution in [3.05, 3.63) is 70.8 Å². The lowest BCUT2D eigenvalue weighted by Gasteiger charge is -2.42. The zero-order chi connectivity index (χ0) is 22.7. The number of benzene rings is 2. The lowest BCUT2D eigenvalue weighted by atomic mass is 9.70. The van der Waals surface area contributed by atoms with Gasteiger partial charge in [-0.05, 0) is 85.4 Å². The lowest BCUT2D eigenvalue weighted by Crippen LogP contribution is -2.42. The van der Waals surface area contributed by atoms with Crippen molar-refractivity contribution in [3.63, 3.8) is 0 Å². The van der Waals surface area contributed by atoms with Gasteiger partial charge in [-0.3, -0.25) is 0 Å². The number of aliphatic hydroxyl groups excluding tert-OH is 1. The van der Waals surface area contributed by atoms with Crippen LogP contribution in [0.15, 0.2) is 49.1 Å². The zero-order valence-electron chi connectivity index (χ0n) is 18.2. The van der Waals surface area contributed by atoms with Crippen molar-refractivity contribution in [3.8, 4) is 5.75 Å². The van der Waals surface area contributed by atoms with Crippen molar-refractivity contribution in [1.82, 2.24) is 0 Å². The largest absolute Gasteiger partial charge is 0.491 e. The topological polar surface area (TPSA) is 70.0 Å². The molecule has 2 aromatic rings. The van der Waals surface area contributed by atoms with Crippen LogP contribution in [0.3, 0.4) is 0 Å². The Balaban J connectivity index is 1.74. The molecule has 4 rings (SSSR count). The molecule has 0 bridgehead atoms. The molecule has 0 spiro atoms. The van der Waals surface area contributed by atoms with Crippen LogP contribution in [0.2, 0.25) is 5.02 Å². The number of hydrogen-bond acceptors (Lipinski definition) is 4. The van der Waals surface area contributed by atoms with Crippen molar-refractivity contribution in [2.75, 3.05) is 18.1 Å². The first kappa shape index (κ1) is 22.7. The molecule has 170 valence electrons. The Kier molecular flexibility index (Phi) is 7.07. The minimum absolute atomic E-state index is 0.169. The third-order valence-corrected chi connectivity index (χ3v) is 7.02. The Labute approximate surface area is 194 Å². The van der Waals surface area contributed by atoms with Crippen LogP contribution in [0.25, 0.3) is 0 Å². The number of aromatic carboxylic acids is 1. The summed E-state index contributed by atoms with van der Waals surface area (Å²) in [5.41, 5.74) is 3.42. The molecule has 3 atom stereocenters. The van der Waals surface area contributed by atoms with Crippen molar-refractivity contribution >= 4 is 23.3 Å². The second kappa shape index (κ2) is 9.97. The average Bonchev–Trinajstić information content (AvgIpc) is 2.79. The van der Waals surface area contributed by atoms with Gasteiger partial charge in [0.2, 0.25) is 0 Å². The summed E-state index contributed by atoms with van der Waals surface area (Å²) in [4.78, 5) is 13.9. The van der Waals surface area contributed by atoms with Crippen LogP contribution in [-0.2, 0) is 13.0 Å². The van der Waals surface area contributed by atoms with Crippen LogP contribution in [0.4, 0.5) is 5.69 Å². The fourth-order valence-electron chi connectivity index (χ4n) is 4.78. The molecule has 2 N–H and O–H groups in total. The SMILES string of the molecule is C=C[C@H](O)[C@@H]1CC[C@H]1CN1Cc2ccc(Cl)cc2CCCCOc2ccc(C(=O)O)cc21. The molecule has 5 nitrogen and oxygen atoms in total. The average molecular weight is 456 g/mol. The van der Waals surface area contributed by atoms with Gasteiger partial charge in [0.15, 0.2) is 0 Å². The number of carbonyl (C=O) groups is 1. The molecule has 0 amide bonds. The first-order chi connectivity index (χ1) is 15.5. The minimum Gasteiger partial charge on any atom is -0.491 e. The van der Waals surface area contributed by atoms with Gasteiger partial charge in [-0.1, -0.05) is 23.7 Å². The number of aliphatic hydroxyl groups is 1. The number of rotatable bonds is 5. The molecule has 2 aliphatic rings. The second-order valence-electron chi connectivity index (χ2n) is 8.81. The predicted octanol–water partition coefficient (Wildman–Crippen LogP) is 5.33. The van der Waals surface area contributed by atoms with Gasteiger partial charge in [-0.15, -0.1) is 6.58 Å². The number of aryl methyl sites for hydroxylation is 1. The van der Waals surface area contributed by atoms with Crippen molar-refractivity contribution in [2.24, 2.45) is 11.8 Å². The van der Waals surface area contributed by atoms with Gasteiger partial charge in [0, 0.05) is 18.1 Å². The molecule has 1 saturated carbocycles. The number of nitrogens with zero attached hydrogens (tertiary/aromatic N) is 1. The van der Waals surface area contributed by atoms with Crippen LogP contribution >= 0.6 is 11.6 Å². The van der Waals surface area contributed by atoms with E-state index in [2.05, 4.69) is 17.5 Å². The third kappa shape index (κ3) is 4.94. The second-order valence-corrected chi connectivity index (χ2v) is 9.25. The highest BCUT2D eigenvalue weighted by Gasteiger charge is 2.36. The molecule has 1 fully saturated rings. The van der Waals surface area contributed by atoms with E-state index in [-0.39, 0.29) is 11.5 Å².